The lowest BCUT2D eigenvalue weighted by Gasteiger charge is -2.27. The Balaban J connectivity index is 2.55. The number of aliphatic hydroxyl groups is 1. The number of hydrogen-bond donors (Lipinski definition) is 2. The number of hydrogen-bond acceptors (Lipinski definition) is 5. The van der Waals surface area contributed by atoms with Gasteiger partial charge in [0.15, 0.2) is 0 Å². The number of rotatable bonds is 2. The summed E-state index contributed by atoms with van der Waals surface area (Å²) in [6, 6.07) is 3.13. The third kappa shape index (κ3) is 1.75. The minimum absolute atomic E-state index is 0.216. The van der Waals surface area contributed by atoms with Crippen molar-refractivity contribution in [3.8, 4) is 6.07 Å². The molecule has 0 aliphatic carbocycles. The van der Waals surface area contributed by atoms with E-state index in [0.717, 1.165) is 10.6 Å². The molecule has 0 radical (unpaired) electrons. The van der Waals surface area contributed by atoms with Crippen molar-refractivity contribution in [1.82, 2.24) is 9.55 Å². The van der Waals surface area contributed by atoms with Crippen LogP contribution in [0.4, 0.5) is 0 Å². The summed E-state index contributed by atoms with van der Waals surface area (Å²) in [5.41, 5.74) is -2.71. The van der Waals surface area contributed by atoms with Crippen LogP contribution in [0.2, 0.25) is 0 Å². The Morgan fingerprint density at radius 2 is 2.44 bits per heavy atom. The van der Waals surface area contributed by atoms with Gasteiger partial charge in [0.25, 0.3) is 5.56 Å². The number of aromatic nitrogens is 2. The lowest BCUT2D eigenvalue weighted by atomic mass is 9.96. The van der Waals surface area contributed by atoms with Gasteiger partial charge >= 0.3 is 5.69 Å². The Kier molecular flexibility index (Phi) is 3.07. The van der Waals surface area contributed by atoms with Gasteiger partial charge in [-0.2, -0.15) is 5.26 Å². The first-order valence-electron chi connectivity index (χ1n) is 5.56. The van der Waals surface area contributed by atoms with Crippen LogP contribution < -0.4 is 11.2 Å². The molecule has 2 rings (SSSR count). The summed E-state index contributed by atoms with van der Waals surface area (Å²) in [7, 11) is 0. The van der Waals surface area contributed by atoms with Crippen LogP contribution in [0.15, 0.2) is 21.9 Å². The molecule has 0 bridgehead atoms. The minimum atomic E-state index is -1.48. The second-order valence-corrected chi connectivity index (χ2v) is 4.35. The highest BCUT2D eigenvalue weighted by Gasteiger charge is 2.49. The van der Waals surface area contributed by atoms with Gasteiger partial charge in [0, 0.05) is 18.2 Å². The standard InChI is InChI=1S/C11H13N3O4/c1-7-4-8(5-15)18-11(7,6-12)14-3-2-9(16)13-10(14)17/h2-3,7-8,15H,4-5H2,1H3,(H,13,16,17)/t7-,8-,11+/m0/s1. The van der Waals surface area contributed by atoms with Crippen LogP contribution in [0.3, 0.4) is 0 Å². The third-order valence-corrected chi connectivity index (χ3v) is 3.18. The van der Waals surface area contributed by atoms with Gasteiger partial charge in [0.1, 0.15) is 6.07 Å². The van der Waals surface area contributed by atoms with Crippen LogP contribution in [-0.4, -0.2) is 27.4 Å². The molecule has 0 saturated carbocycles. The molecule has 7 nitrogen and oxygen atoms in total. The van der Waals surface area contributed by atoms with Crippen molar-refractivity contribution < 1.29 is 9.84 Å². The van der Waals surface area contributed by atoms with E-state index < -0.39 is 23.1 Å². The zero-order valence-corrected chi connectivity index (χ0v) is 9.79. The van der Waals surface area contributed by atoms with E-state index in [1.807, 2.05) is 6.07 Å². The van der Waals surface area contributed by atoms with E-state index in [9.17, 15) is 14.9 Å². The first kappa shape index (κ1) is 12.5. The zero-order chi connectivity index (χ0) is 13.3. The molecule has 1 aliphatic heterocycles. The molecule has 3 atom stereocenters. The zero-order valence-electron chi connectivity index (χ0n) is 9.79. The summed E-state index contributed by atoms with van der Waals surface area (Å²) in [5.74, 6) is -0.275. The topological polar surface area (TPSA) is 108 Å². The quantitative estimate of drug-likeness (QED) is 0.710. The molecular weight excluding hydrogens is 238 g/mol. The van der Waals surface area contributed by atoms with Crippen LogP contribution >= 0.6 is 0 Å². The number of nitrogens with one attached hydrogen (secondary N) is 1. The predicted molar refractivity (Wildman–Crippen MR) is 60.6 cm³/mol. The number of aliphatic hydroxyl groups excluding tert-OH is 1. The van der Waals surface area contributed by atoms with Crippen LogP contribution in [0, 0.1) is 17.2 Å². The van der Waals surface area contributed by atoms with Crippen molar-refractivity contribution in [3.05, 3.63) is 33.1 Å². The number of H-pyrrole nitrogens is 1. The summed E-state index contributed by atoms with van der Waals surface area (Å²) in [6.45, 7) is 1.54. The van der Waals surface area contributed by atoms with Gasteiger partial charge in [-0.25, -0.2) is 4.79 Å². The van der Waals surface area contributed by atoms with Crippen molar-refractivity contribution in [3.63, 3.8) is 0 Å². The Bertz CT molecular complexity index is 599. The molecule has 0 amide bonds. The van der Waals surface area contributed by atoms with Crippen molar-refractivity contribution in [2.24, 2.45) is 5.92 Å². The molecule has 0 unspecified atom stereocenters. The molecule has 1 aromatic rings. The van der Waals surface area contributed by atoms with E-state index in [-0.39, 0.29) is 12.5 Å². The SMILES string of the molecule is C[C@H]1C[C@@H](CO)O[C@@]1(C#N)n1ccc(=O)[nH]c1=O. The molecule has 96 valence electrons. The molecule has 2 heterocycles. The van der Waals surface area contributed by atoms with Crippen LogP contribution in [-0.2, 0) is 10.5 Å². The molecule has 18 heavy (non-hydrogen) atoms. The third-order valence-electron chi connectivity index (χ3n) is 3.18. The van der Waals surface area contributed by atoms with Crippen molar-refractivity contribution in [2.45, 2.75) is 25.2 Å². The van der Waals surface area contributed by atoms with Crippen molar-refractivity contribution >= 4 is 0 Å². The highest BCUT2D eigenvalue weighted by atomic mass is 16.5. The lowest BCUT2D eigenvalue weighted by molar-refractivity contribution is -0.0872. The molecule has 2 N–H and O–H groups in total. The second kappa shape index (κ2) is 4.40. The lowest BCUT2D eigenvalue weighted by Crippen LogP contribution is -2.46. The van der Waals surface area contributed by atoms with Gasteiger partial charge in [0.2, 0.25) is 5.72 Å². The van der Waals surface area contributed by atoms with Gasteiger partial charge in [-0.15, -0.1) is 0 Å². The minimum Gasteiger partial charge on any atom is -0.394 e. The maximum absolute atomic E-state index is 11.7. The molecule has 1 aliphatic rings. The predicted octanol–water partition coefficient (Wildman–Crippen LogP) is -0.870. The van der Waals surface area contributed by atoms with Gasteiger partial charge in [-0.3, -0.25) is 14.3 Å². The summed E-state index contributed by atoms with van der Waals surface area (Å²) in [4.78, 5) is 24.9. The second-order valence-electron chi connectivity index (χ2n) is 4.35. The fourth-order valence-electron chi connectivity index (χ4n) is 2.25. The monoisotopic (exact) mass is 251 g/mol. The van der Waals surface area contributed by atoms with Crippen molar-refractivity contribution in [1.29, 1.82) is 5.26 Å². The Morgan fingerprint density at radius 3 is 2.94 bits per heavy atom. The molecule has 0 spiro atoms. The maximum Gasteiger partial charge on any atom is 0.331 e. The molecule has 1 aromatic heterocycles. The first-order chi connectivity index (χ1) is 8.53. The smallest absolute Gasteiger partial charge is 0.331 e. The van der Waals surface area contributed by atoms with Crippen LogP contribution in [0.1, 0.15) is 13.3 Å². The van der Waals surface area contributed by atoms with Crippen molar-refractivity contribution in [2.75, 3.05) is 6.61 Å². The Labute approximate surface area is 102 Å². The molecule has 1 saturated heterocycles. The van der Waals surface area contributed by atoms with Gasteiger partial charge in [-0.1, -0.05) is 6.92 Å². The van der Waals surface area contributed by atoms with E-state index in [1.54, 1.807) is 6.92 Å². The summed E-state index contributed by atoms with van der Waals surface area (Å²) in [6.07, 6.45) is 1.22. The van der Waals surface area contributed by atoms with Crippen LogP contribution in [0.25, 0.3) is 0 Å². The van der Waals surface area contributed by atoms with E-state index in [2.05, 4.69) is 4.98 Å². The molecule has 7 heteroatoms. The van der Waals surface area contributed by atoms with E-state index in [4.69, 9.17) is 9.84 Å². The molecular formula is C11H13N3O4. The average Bonchev–Trinajstić information content (AvgIpc) is 2.67. The average molecular weight is 251 g/mol. The van der Waals surface area contributed by atoms with Gasteiger partial charge < -0.3 is 9.84 Å². The van der Waals surface area contributed by atoms with E-state index in [1.165, 1.54) is 6.20 Å². The normalized spacial score (nSPS) is 31.2. The summed E-state index contributed by atoms with van der Waals surface area (Å²) < 4.78 is 6.56. The largest absolute Gasteiger partial charge is 0.394 e. The van der Waals surface area contributed by atoms with E-state index >= 15 is 0 Å². The maximum atomic E-state index is 11.7. The van der Waals surface area contributed by atoms with E-state index in [0.29, 0.717) is 6.42 Å². The van der Waals surface area contributed by atoms with Crippen LogP contribution in [0.5, 0.6) is 0 Å². The van der Waals surface area contributed by atoms with Gasteiger partial charge in [0.05, 0.1) is 12.7 Å². The first-order valence-corrected chi connectivity index (χ1v) is 5.56. The Morgan fingerprint density at radius 1 is 1.72 bits per heavy atom. The summed E-state index contributed by atoms with van der Waals surface area (Å²) >= 11 is 0. The highest BCUT2D eigenvalue weighted by Crippen LogP contribution is 2.38. The fourth-order valence-corrected chi connectivity index (χ4v) is 2.25. The Hall–Kier alpha value is -1.91. The molecule has 0 aromatic carbocycles. The number of aromatic amines is 1. The van der Waals surface area contributed by atoms with Gasteiger partial charge in [-0.05, 0) is 6.42 Å². The highest BCUT2D eigenvalue weighted by molar-refractivity contribution is 5.07. The summed E-state index contributed by atoms with van der Waals surface area (Å²) in [5, 5.41) is 18.4. The number of nitrogens with zero attached hydrogens (tertiary/aromatic N) is 2. The number of ether oxygens (including phenoxy) is 1. The number of nitriles is 1. The fraction of sp³-hybridized carbons (Fsp3) is 0.545. The molecule has 1 fully saturated rings.